The maximum atomic E-state index is 5.99. The molecule has 1 aromatic carbocycles. The Morgan fingerprint density at radius 1 is 1.24 bits per heavy atom. The third-order valence-corrected chi connectivity index (χ3v) is 2.62. The largest absolute Gasteiger partial charge is 0.486 e. The zero-order valence-electron chi connectivity index (χ0n) is 11.0. The molecule has 0 saturated carbocycles. The Labute approximate surface area is 104 Å². The summed E-state index contributed by atoms with van der Waals surface area (Å²) in [5, 5.41) is 3.29. The van der Waals surface area contributed by atoms with Gasteiger partial charge >= 0.3 is 0 Å². The number of para-hydroxylation sites is 1. The molecule has 0 amide bonds. The van der Waals surface area contributed by atoms with Gasteiger partial charge in [0.25, 0.3) is 0 Å². The zero-order chi connectivity index (χ0) is 12.5. The molecule has 1 unspecified atom stereocenters. The summed E-state index contributed by atoms with van der Waals surface area (Å²) < 4.78 is 11.2. The monoisotopic (exact) mass is 237 g/mol. The van der Waals surface area contributed by atoms with Gasteiger partial charge in [0.05, 0.1) is 6.61 Å². The van der Waals surface area contributed by atoms with Gasteiger partial charge in [-0.2, -0.15) is 0 Å². The van der Waals surface area contributed by atoms with Crippen LogP contribution in [0.1, 0.15) is 19.4 Å². The summed E-state index contributed by atoms with van der Waals surface area (Å²) in [6, 6.07) is 8.17. The first-order valence-corrected chi connectivity index (χ1v) is 6.26. The van der Waals surface area contributed by atoms with Crippen LogP contribution in [0.15, 0.2) is 24.3 Å². The number of benzene rings is 1. The van der Waals surface area contributed by atoms with Gasteiger partial charge in [-0.3, -0.25) is 0 Å². The van der Waals surface area contributed by atoms with E-state index < -0.39 is 0 Å². The molecule has 0 heterocycles. The Kier molecular flexibility index (Phi) is 6.67. The SMILES string of the molecule is CCNCC(COC)Oc1ccccc1CC. The molecular formula is C14H23NO2. The summed E-state index contributed by atoms with van der Waals surface area (Å²) in [6.45, 7) is 6.58. The fourth-order valence-corrected chi connectivity index (χ4v) is 1.72. The first-order chi connectivity index (χ1) is 8.31. The average molecular weight is 237 g/mol. The van der Waals surface area contributed by atoms with E-state index in [2.05, 4.69) is 25.2 Å². The number of aryl methyl sites for hydroxylation is 1. The van der Waals surface area contributed by atoms with Gasteiger partial charge in [0.2, 0.25) is 0 Å². The summed E-state index contributed by atoms with van der Waals surface area (Å²) >= 11 is 0. The lowest BCUT2D eigenvalue weighted by Crippen LogP contribution is -2.35. The van der Waals surface area contributed by atoms with Crippen LogP contribution in [-0.2, 0) is 11.2 Å². The number of hydrogen-bond acceptors (Lipinski definition) is 3. The van der Waals surface area contributed by atoms with Crippen molar-refractivity contribution in [3.8, 4) is 5.75 Å². The quantitative estimate of drug-likeness (QED) is 0.752. The maximum Gasteiger partial charge on any atom is 0.134 e. The Morgan fingerprint density at radius 2 is 2.00 bits per heavy atom. The standard InChI is InChI=1S/C14H23NO2/c1-4-12-8-6-7-9-14(12)17-13(11-16-3)10-15-5-2/h6-9,13,15H,4-5,10-11H2,1-3H3. The third kappa shape index (κ3) is 4.75. The van der Waals surface area contributed by atoms with Crippen molar-refractivity contribution in [2.45, 2.75) is 26.4 Å². The normalized spacial score (nSPS) is 12.4. The molecule has 1 atom stereocenters. The third-order valence-electron chi connectivity index (χ3n) is 2.62. The topological polar surface area (TPSA) is 30.5 Å². The molecule has 0 aliphatic carbocycles. The van der Waals surface area contributed by atoms with Crippen molar-refractivity contribution < 1.29 is 9.47 Å². The average Bonchev–Trinajstić information content (AvgIpc) is 2.37. The number of hydrogen-bond donors (Lipinski definition) is 1. The number of methoxy groups -OCH3 is 1. The molecule has 0 spiro atoms. The van der Waals surface area contributed by atoms with Crippen LogP contribution in [0.3, 0.4) is 0 Å². The van der Waals surface area contributed by atoms with E-state index in [0.717, 1.165) is 25.3 Å². The van der Waals surface area contributed by atoms with Gasteiger partial charge in [-0.05, 0) is 24.6 Å². The van der Waals surface area contributed by atoms with Crippen molar-refractivity contribution in [2.24, 2.45) is 0 Å². The molecule has 0 aliphatic heterocycles. The van der Waals surface area contributed by atoms with Crippen molar-refractivity contribution in [3.05, 3.63) is 29.8 Å². The maximum absolute atomic E-state index is 5.99. The number of rotatable bonds is 8. The van der Waals surface area contributed by atoms with Crippen molar-refractivity contribution in [3.63, 3.8) is 0 Å². The highest BCUT2D eigenvalue weighted by atomic mass is 16.5. The van der Waals surface area contributed by atoms with Crippen LogP contribution in [0.5, 0.6) is 5.75 Å². The highest BCUT2D eigenvalue weighted by Crippen LogP contribution is 2.19. The minimum absolute atomic E-state index is 0.0626. The van der Waals surface area contributed by atoms with E-state index >= 15 is 0 Å². The van der Waals surface area contributed by atoms with Gasteiger partial charge < -0.3 is 14.8 Å². The highest BCUT2D eigenvalue weighted by molar-refractivity contribution is 5.33. The summed E-state index contributed by atoms with van der Waals surface area (Å²) in [7, 11) is 1.70. The second-order valence-corrected chi connectivity index (χ2v) is 3.96. The molecule has 1 aromatic rings. The predicted octanol–water partition coefficient (Wildman–Crippen LogP) is 2.25. The molecule has 0 aromatic heterocycles. The molecule has 17 heavy (non-hydrogen) atoms. The second-order valence-electron chi connectivity index (χ2n) is 3.96. The fourth-order valence-electron chi connectivity index (χ4n) is 1.72. The van der Waals surface area contributed by atoms with E-state index in [4.69, 9.17) is 9.47 Å². The van der Waals surface area contributed by atoms with Gasteiger partial charge in [0.1, 0.15) is 11.9 Å². The molecule has 3 heteroatoms. The summed E-state index contributed by atoms with van der Waals surface area (Å²) in [5.41, 5.74) is 1.24. The second kappa shape index (κ2) is 8.09. The number of likely N-dealkylation sites (N-methyl/N-ethyl adjacent to an activating group) is 1. The number of ether oxygens (including phenoxy) is 2. The lowest BCUT2D eigenvalue weighted by atomic mass is 10.1. The van der Waals surface area contributed by atoms with E-state index in [1.54, 1.807) is 7.11 Å². The Hall–Kier alpha value is -1.06. The molecule has 1 N–H and O–H groups in total. The molecular weight excluding hydrogens is 214 g/mol. The van der Waals surface area contributed by atoms with Crippen molar-refractivity contribution in [1.82, 2.24) is 5.32 Å². The van der Waals surface area contributed by atoms with Crippen LogP contribution in [-0.4, -0.2) is 32.9 Å². The molecule has 0 fully saturated rings. The molecule has 0 aliphatic rings. The van der Waals surface area contributed by atoms with Crippen LogP contribution < -0.4 is 10.1 Å². The smallest absolute Gasteiger partial charge is 0.134 e. The van der Waals surface area contributed by atoms with Gasteiger partial charge in [0.15, 0.2) is 0 Å². The summed E-state index contributed by atoms with van der Waals surface area (Å²) in [5.74, 6) is 0.968. The lowest BCUT2D eigenvalue weighted by molar-refractivity contribution is 0.0803. The van der Waals surface area contributed by atoms with Crippen LogP contribution in [0.2, 0.25) is 0 Å². The van der Waals surface area contributed by atoms with Crippen molar-refractivity contribution >= 4 is 0 Å². The lowest BCUT2D eigenvalue weighted by Gasteiger charge is -2.20. The van der Waals surface area contributed by atoms with Crippen LogP contribution in [0, 0.1) is 0 Å². The summed E-state index contributed by atoms with van der Waals surface area (Å²) in [4.78, 5) is 0. The fraction of sp³-hybridized carbons (Fsp3) is 0.571. The van der Waals surface area contributed by atoms with Gasteiger partial charge in [-0.25, -0.2) is 0 Å². The van der Waals surface area contributed by atoms with Gasteiger partial charge in [-0.15, -0.1) is 0 Å². The molecule has 0 saturated heterocycles. The van der Waals surface area contributed by atoms with E-state index in [1.807, 2.05) is 18.2 Å². The molecule has 1 rings (SSSR count). The van der Waals surface area contributed by atoms with Crippen LogP contribution in [0.4, 0.5) is 0 Å². The highest BCUT2D eigenvalue weighted by Gasteiger charge is 2.11. The zero-order valence-corrected chi connectivity index (χ0v) is 11.0. The molecule has 0 radical (unpaired) electrons. The molecule has 96 valence electrons. The summed E-state index contributed by atoms with van der Waals surface area (Å²) in [6.07, 6.45) is 1.05. The minimum Gasteiger partial charge on any atom is -0.486 e. The van der Waals surface area contributed by atoms with E-state index in [9.17, 15) is 0 Å². The Balaban J connectivity index is 2.63. The molecule has 3 nitrogen and oxygen atoms in total. The Morgan fingerprint density at radius 3 is 2.65 bits per heavy atom. The molecule has 0 bridgehead atoms. The van der Waals surface area contributed by atoms with Crippen molar-refractivity contribution in [2.75, 3.05) is 26.8 Å². The van der Waals surface area contributed by atoms with Gasteiger partial charge in [-0.1, -0.05) is 32.0 Å². The van der Waals surface area contributed by atoms with Crippen molar-refractivity contribution in [1.29, 1.82) is 0 Å². The predicted molar refractivity (Wildman–Crippen MR) is 70.7 cm³/mol. The van der Waals surface area contributed by atoms with Crippen LogP contribution in [0.25, 0.3) is 0 Å². The first kappa shape index (κ1) is 14.0. The van der Waals surface area contributed by atoms with Gasteiger partial charge in [0, 0.05) is 13.7 Å². The van der Waals surface area contributed by atoms with E-state index in [1.165, 1.54) is 5.56 Å². The first-order valence-electron chi connectivity index (χ1n) is 6.26. The minimum atomic E-state index is 0.0626. The van der Waals surface area contributed by atoms with E-state index in [-0.39, 0.29) is 6.10 Å². The number of nitrogens with one attached hydrogen (secondary N) is 1. The van der Waals surface area contributed by atoms with Crippen LogP contribution >= 0.6 is 0 Å². The van der Waals surface area contributed by atoms with E-state index in [0.29, 0.717) is 6.61 Å². The Bertz CT molecular complexity index is 315.